The van der Waals surface area contributed by atoms with Crippen molar-refractivity contribution < 1.29 is 0 Å². The summed E-state index contributed by atoms with van der Waals surface area (Å²) in [4.78, 5) is 9.40. The molecule has 0 saturated carbocycles. The highest BCUT2D eigenvalue weighted by molar-refractivity contribution is 7.80. The lowest BCUT2D eigenvalue weighted by Crippen LogP contribution is -1.79. The van der Waals surface area contributed by atoms with Crippen molar-refractivity contribution in [2.75, 3.05) is 12.3 Å². The summed E-state index contributed by atoms with van der Waals surface area (Å²) in [5, 5.41) is 2.69. The first-order valence-corrected chi connectivity index (χ1v) is 2.95. The van der Waals surface area contributed by atoms with Gasteiger partial charge in [0.1, 0.15) is 0 Å². The van der Waals surface area contributed by atoms with Crippen molar-refractivity contribution in [2.24, 2.45) is 5.18 Å². The molecule has 0 bridgehead atoms. The van der Waals surface area contributed by atoms with E-state index in [4.69, 9.17) is 0 Å². The second-order valence-electron chi connectivity index (χ2n) is 1.28. The third-order valence-electron chi connectivity index (χ3n) is 0.658. The summed E-state index contributed by atoms with van der Waals surface area (Å²) in [6.45, 7) is 0.445. The second-order valence-corrected chi connectivity index (χ2v) is 1.73. The molecule has 0 amide bonds. The molecule has 0 rings (SSSR count). The van der Waals surface area contributed by atoms with Crippen LogP contribution in [0.2, 0.25) is 0 Å². The van der Waals surface area contributed by atoms with Crippen LogP contribution in [0.3, 0.4) is 0 Å². The summed E-state index contributed by atoms with van der Waals surface area (Å²) in [6, 6.07) is 0. The molecule has 0 unspecified atom stereocenters. The Balaban J connectivity index is 2.56. The van der Waals surface area contributed by atoms with Gasteiger partial charge in [0.15, 0.2) is 0 Å². The molecule has 0 N–H and O–H groups in total. The summed E-state index contributed by atoms with van der Waals surface area (Å²) >= 11 is 3.95. The van der Waals surface area contributed by atoms with Gasteiger partial charge in [-0.2, -0.15) is 17.5 Å². The smallest absolute Gasteiger partial charge is 0.0811 e. The van der Waals surface area contributed by atoms with Gasteiger partial charge in [-0.15, -0.1) is 0 Å². The van der Waals surface area contributed by atoms with E-state index in [0.29, 0.717) is 6.54 Å². The Kier molecular flexibility index (Phi) is 5.91. The minimum atomic E-state index is 0.445. The molecule has 0 aliphatic heterocycles. The van der Waals surface area contributed by atoms with Crippen molar-refractivity contribution in [1.82, 2.24) is 0 Å². The first-order valence-electron chi connectivity index (χ1n) is 2.32. The maximum atomic E-state index is 9.40. The fraction of sp³-hybridized carbons (Fsp3) is 1.00. The van der Waals surface area contributed by atoms with Crippen molar-refractivity contribution >= 4 is 12.6 Å². The highest BCUT2D eigenvalue weighted by atomic mass is 32.1. The molecule has 42 valence electrons. The molecule has 0 aromatic carbocycles. The van der Waals surface area contributed by atoms with Crippen LogP contribution >= 0.6 is 12.6 Å². The van der Waals surface area contributed by atoms with E-state index >= 15 is 0 Å². The van der Waals surface area contributed by atoms with E-state index in [1.165, 1.54) is 0 Å². The van der Waals surface area contributed by atoms with Crippen LogP contribution in [0.4, 0.5) is 0 Å². The summed E-state index contributed by atoms with van der Waals surface area (Å²) in [5.74, 6) is 0.857. The Hall–Kier alpha value is -0.0500. The first-order chi connectivity index (χ1) is 3.41. The molecule has 0 aromatic heterocycles. The maximum absolute atomic E-state index is 9.40. The minimum Gasteiger partial charge on any atom is -0.179 e. The molecule has 0 radical (unpaired) electrons. The molecule has 0 aromatic rings. The van der Waals surface area contributed by atoms with Crippen LogP contribution < -0.4 is 0 Å². The molecule has 0 aliphatic carbocycles. The standard InChI is InChI=1S/C4H9NOS/c6-5-3-1-2-4-7/h7H,1-4H2. The summed E-state index contributed by atoms with van der Waals surface area (Å²) in [5.41, 5.74) is 0. The van der Waals surface area contributed by atoms with Gasteiger partial charge in [-0.05, 0) is 18.6 Å². The van der Waals surface area contributed by atoms with E-state index in [1.54, 1.807) is 0 Å². The van der Waals surface area contributed by atoms with Crippen LogP contribution in [0.5, 0.6) is 0 Å². The number of nitrogens with zero attached hydrogens (tertiary/aromatic N) is 1. The van der Waals surface area contributed by atoms with Crippen molar-refractivity contribution in [3.63, 3.8) is 0 Å². The van der Waals surface area contributed by atoms with Gasteiger partial charge < -0.3 is 0 Å². The van der Waals surface area contributed by atoms with Crippen molar-refractivity contribution in [3.05, 3.63) is 4.91 Å². The Morgan fingerprint density at radius 2 is 2.14 bits per heavy atom. The molecule has 0 heterocycles. The second kappa shape index (κ2) is 5.95. The Morgan fingerprint density at radius 3 is 2.57 bits per heavy atom. The Labute approximate surface area is 48.7 Å². The zero-order valence-electron chi connectivity index (χ0n) is 4.13. The molecule has 0 aliphatic rings. The van der Waals surface area contributed by atoms with Gasteiger partial charge in [0, 0.05) is 0 Å². The number of rotatable bonds is 4. The lowest BCUT2D eigenvalue weighted by atomic mass is 10.3. The third-order valence-corrected chi connectivity index (χ3v) is 0.974. The van der Waals surface area contributed by atoms with Gasteiger partial charge >= 0.3 is 0 Å². The topological polar surface area (TPSA) is 29.4 Å². The number of hydrogen-bond acceptors (Lipinski definition) is 3. The minimum absolute atomic E-state index is 0.445. The highest BCUT2D eigenvalue weighted by Crippen LogP contribution is 1.89. The quantitative estimate of drug-likeness (QED) is 0.339. The monoisotopic (exact) mass is 119 g/mol. The number of thiol groups is 1. The maximum Gasteiger partial charge on any atom is 0.0811 e. The van der Waals surface area contributed by atoms with Gasteiger partial charge in [-0.1, -0.05) is 5.18 Å². The molecular weight excluding hydrogens is 110 g/mol. The van der Waals surface area contributed by atoms with Gasteiger partial charge in [0.2, 0.25) is 0 Å². The Morgan fingerprint density at radius 1 is 1.43 bits per heavy atom. The summed E-state index contributed by atoms with van der Waals surface area (Å²) in [6.07, 6.45) is 1.88. The average molecular weight is 119 g/mol. The molecule has 7 heavy (non-hydrogen) atoms. The van der Waals surface area contributed by atoms with Gasteiger partial charge in [-0.3, -0.25) is 0 Å². The zero-order chi connectivity index (χ0) is 5.54. The first kappa shape index (κ1) is 6.95. The van der Waals surface area contributed by atoms with E-state index in [2.05, 4.69) is 17.8 Å². The fourth-order valence-corrected chi connectivity index (χ4v) is 0.512. The van der Waals surface area contributed by atoms with Crippen LogP contribution in [-0.2, 0) is 0 Å². The average Bonchev–Trinajstić information content (AvgIpc) is 1.69. The Bertz CT molecular complexity index is 49.0. The zero-order valence-corrected chi connectivity index (χ0v) is 5.03. The predicted octanol–water partition coefficient (Wildman–Crippen LogP) is 1.46. The van der Waals surface area contributed by atoms with Crippen LogP contribution in [0.15, 0.2) is 5.18 Å². The predicted molar refractivity (Wildman–Crippen MR) is 33.7 cm³/mol. The molecule has 3 heteroatoms. The molecule has 0 atom stereocenters. The molecular formula is C4H9NOS. The van der Waals surface area contributed by atoms with Crippen LogP contribution in [-0.4, -0.2) is 12.3 Å². The van der Waals surface area contributed by atoms with Gasteiger partial charge in [-0.25, -0.2) is 0 Å². The van der Waals surface area contributed by atoms with Crippen molar-refractivity contribution in [1.29, 1.82) is 0 Å². The van der Waals surface area contributed by atoms with Crippen LogP contribution in [0, 0.1) is 4.91 Å². The fourth-order valence-electron chi connectivity index (χ4n) is 0.288. The van der Waals surface area contributed by atoms with E-state index in [1.807, 2.05) is 0 Å². The molecule has 0 saturated heterocycles. The summed E-state index contributed by atoms with van der Waals surface area (Å²) < 4.78 is 0. The number of hydrogen-bond donors (Lipinski definition) is 1. The highest BCUT2D eigenvalue weighted by Gasteiger charge is 1.81. The van der Waals surface area contributed by atoms with E-state index in [-0.39, 0.29) is 0 Å². The summed E-state index contributed by atoms with van der Waals surface area (Å²) in [7, 11) is 0. The van der Waals surface area contributed by atoms with Gasteiger partial charge in [0.05, 0.1) is 6.54 Å². The van der Waals surface area contributed by atoms with Crippen molar-refractivity contribution in [2.45, 2.75) is 12.8 Å². The third kappa shape index (κ3) is 5.95. The molecule has 0 spiro atoms. The lowest BCUT2D eigenvalue weighted by molar-refractivity contribution is 0.813. The lowest BCUT2D eigenvalue weighted by Gasteiger charge is -1.84. The van der Waals surface area contributed by atoms with Crippen molar-refractivity contribution in [3.8, 4) is 0 Å². The largest absolute Gasteiger partial charge is 0.179 e. The van der Waals surface area contributed by atoms with Crippen LogP contribution in [0.1, 0.15) is 12.8 Å². The normalized spacial score (nSPS) is 8.71. The number of unbranched alkanes of at least 4 members (excludes halogenated alkanes) is 1. The SMILES string of the molecule is O=NCCCCS. The van der Waals surface area contributed by atoms with Gasteiger partial charge in [0.25, 0.3) is 0 Å². The van der Waals surface area contributed by atoms with E-state index in [9.17, 15) is 4.91 Å². The van der Waals surface area contributed by atoms with E-state index in [0.717, 1.165) is 18.6 Å². The number of nitroso groups, excluding NO2 is 1. The van der Waals surface area contributed by atoms with Crippen LogP contribution in [0.25, 0.3) is 0 Å². The molecule has 0 fully saturated rings. The molecule has 2 nitrogen and oxygen atoms in total. The van der Waals surface area contributed by atoms with E-state index < -0.39 is 0 Å².